The molecule has 0 saturated heterocycles. The van der Waals surface area contributed by atoms with E-state index in [1.807, 2.05) is 24.3 Å². The van der Waals surface area contributed by atoms with Gasteiger partial charge >= 0.3 is 0 Å². The minimum absolute atomic E-state index is 0.136. The van der Waals surface area contributed by atoms with Crippen LogP contribution >= 0.6 is 15.9 Å². The predicted octanol–water partition coefficient (Wildman–Crippen LogP) is 2.90. The molecule has 1 heterocycles. The number of nitrogens with one attached hydrogen (secondary N) is 1. The number of amides is 1. The van der Waals surface area contributed by atoms with Gasteiger partial charge in [0.05, 0.1) is 18.4 Å². The molecule has 2 aromatic rings. The molecule has 2 aromatic carbocycles. The molecule has 1 atom stereocenters. The lowest BCUT2D eigenvalue weighted by Crippen LogP contribution is -2.32. The van der Waals surface area contributed by atoms with Crippen LogP contribution in [0.4, 0.5) is 5.69 Å². The molecule has 0 saturated carbocycles. The van der Waals surface area contributed by atoms with Gasteiger partial charge in [0.25, 0.3) is 5.91 Å². The summed E-state index contributed by atoms with van der Waals surface area (Å²) in [5.41, 5.74) is 9.47. The molecule has 1 aliphatic heterocycles. The molecule has 8 heteroatoms. The first kappa shape index (κ1) is 24.4. The maximum Gasteiger partial charge on any atom is 0.250 e. The van der Waals surface area contributed by atoms with E-state index in [-0.39, 0.29) is 12.6 Å². The van der Waals surface area contributed by atoms with E-state index in [0.717, 1.165) is 47.2 Å². The number of hydrogen-bond acceptors (Lipinski definition) is 6. The number of halogens is 1. The van der Waals surface area contributed by atoms with Crippen LogP contribution in [0.5, 0.6) is 11.5 Å². The average Bonchev–Trinajstić information content (AvgIpc) is 3.18. The largest absolute Gasteiger partial charge is 0.493 e. The van der Waals surface area contributed by atoms with Crippen LogP contribution in [0.25, 0.3) is 0 Å². The Kier molecular flexibility index (Phi) is 8.78. The van der Waals surface area contributed by atoms with Crippen molar-refractivity contribution in [1.29, 1.82) is 0 Å². The van der Waals surface area contributed by atoms with Crippen molar-refractivity contribution in [2.45, 2.75) is 32.2 Å². The summed E-state index contributed by atoms with van der Waals surface area (Å²) < 4.78 is 12.1. The van der Waals surface area contributed by atoms with Crippen molar-refractivity contribution in [3.63, 3.8) is 0 Å². The van der Waals surface area contributed by atoms with E-state index >= 15 is 0 Å². The monoisotopic (exact) mass is 505 g/mol. The van der Waals surface area contributed by atoms with E-state index in [1.54, 1.807) is 7.11 Å². The Bertz CT molecular complexity index is 938. The Labute approximate surface area is 198 Å². The standard InChI is InChI=1S/C24H32BrN3O4/c1-16(27-7-11-32-21-5-4-19(25)15-22(21)31-2)12-17-13-18-6-9-28(8-3-10-29)23(18)20(14-17)24(26)30/h4-5,13-16,27,29H,3,6-12H2,1-2H3,(H2,26,30)/t16-/m1/s1. The molecule has 0 aliphatic carbocycles. The highest BCUT2D eigenvalue weighted by Gasteiger charge is 2.25. The van der Waals surface area contributed by atoms with E-state index in [1.165, 1.54) is 0 Å². The summed E-state index contributed by atoms with van der Waals surface area (Å²) >= 11 is 3.43. The highest BCUT2D eigenvalue weighted by Crippen LogP contribution is 2.33. The first-order valence-corrected chi connectivity index (χ1v) is 11.7. The molecule has 7 nitrogen and oxygen atoms in total. The van der Waals surface area contributed by atoms with Gasteiger partial charge in [0.15, 0.2) is 11.5 Å². The van der Waals surface area contributed by atoms with Gasteiger partial charge in [-0.05, 0) is 61.6 Å². The smallest absolute Gasteiger partial charge is 0.250 e. The second-order valence-electron chi connectivity index (χ2n) is 8.03. The van der Waals surface area contributed by atoms with Gasteiger partial charge in [-0.25, -0.2) is 0 Å². The number of aliphatic hydroxyl groups is 1. The fraction of sp³-hybridized carbons (Fsp3) is 0.458. The Balaban J connectivity index is 1.57. The highest BCUT2D eigenvalue weighted by molar-refractivity contribution is 9.10. The Morgan fingerprint density at radius 2 is 2.12 bits per heavy atom. The normalized spacial score (nSPS) is 13.7. The van der Waals surface area contributed by atoms with Gasteiger partial charge in [-0.1, -0.05) is 22.0 Å². The summed E-state index contributed by atoms with van der Waals surface area (Å²) in [5.74, 6) is 0.995. The third-order valence-electron chi connectivity index (χ3n) is 5.59. The van der Waals surface area contributed by atoms with Crippen LogP contribution < -0.4 is 25.4 Å². The number of anilines is 1. The Morgan fingerprint density at radius 1 is 1.31 bits per heavy atom. The lowest BCUT2D eigenvalue weighted by Gasteiger charge is -2.22. The molecule has 0 bridgehead atoms. The molecule has 0 unspecified atom stereocenters. The van der Waals surface area contributed by atoms with Gasteiger partial charge in [-0.15, -0.1) is 0 Å². The molecule has 0 spiro atoms. The van der Waals surface area contributed by atoms with Crippen molar-refractivity contribution < 1.29 is 19.4 Å². The molecule has 1 amide bonds. The van der Waals surface area contributed by atoms with Gasteiger partial charge in [-0.3, -0.25) is 4.79 Å². The molecule has 0 fully saturated rings. The van der Waals surface area contributed by atoms with Crippen LogP contribution in [-0.2, 0) is 12.8 Å². The highest BCUT2D eigenvalue weighted by atomic mass is 79.9. The summed E-state index contributed by atoms with van der Waals surface area (Å²) in [6, 6.07) is 9.98. The number of carbonyl (C=O) groups excluding carboxylic acids is 1. The number of benzene rings is 2. The van der Waals surface area contributed by atoms with Crippen LogP contribution in [0.3, 0.4) is 0 Å². The number of nitrogens with two attached hydrogens (primary N) is 1. The fourth-order valence-corrected chi connectivity index (χ4v) is 4.48. The van der Waals surface area contributed by atoms with Gasteiger partial charge in [0.1, 0.15) is 6.61 Å². The summed E-state index contributed by atoms with van der Waals surface area (Å²) in [5, 5.41) is 12.6. The lowest BCUT2D eigenvalue weighted by molar-refractivity contribution is 0.100. The maximum absolute atomic E-state index is 12.1. The van der Waals surface area contributed by atoms with E-state index in [9.17, 15) is 4.79 Å². The zero-order valence-electron chi connectivity index (χ0n) is 18.7. The summed E-state index contributed by atoms with van der Waals surface area (Å²) in [6.07, 6.45) is 2.35. The number of carbonyl (C=O) groups is 1. The van der Waals surface area contributed by atoms with Crippen molar-refractivity contribution in [2.24, 2.45) is 5.73 Å². The van der Waals surface area contributed by atoms with Crippen LogP contribution in [0.2, 0.25) is 0 Å². The van der Waals surface area contributed by atoms with Gasteiger partial charge in [0.2, 0.25) is 0 Å². The number of fused-ring (bicyclic) bond motifs is 1. The van der Waals surface area contributed by atoms with E-state index in [2.05, 4.69) is 39.1 Å². The van der Waals surface area contributed by atoms with Gasteiger partial charge < -0.3 is 30.5 Å². The molecular weight excluding hydrogens is 474 g/mol. The number of ether oxygens (including phenoxy) is 2. The minimum atomic E-state index is -0.406. The molecular formula is C24H32BrN3O4. The minimum Gasteiger partial charge on any atom is -0.493 e. The number of methoxy groups -OCH3 is 1. The van der Waals surface area contributed by atoms with Crippen molar-refractivity contribution >= 4 is 27.5 Å². The SMILES string of the molecule is COc1cc(Br)ccc1OCCN[C@H](C)Cc1cc2c(c(C(N)=O)c1)N(CCCO)CC2. The number of hydrogen-bond donors (Lipinski definition) is 3. The van der Waals surface area contributed by atoms with Crippen LogP contribution in [0.1, 0.15) is 34.8 Å². The molecule has 0 aromatic heterocycles. The number of aliphatic hydroxyl groups excluding tert-OH is 1. The van der Waals surface area contributed by atoms with Crippen molar-refractivity contribution in [3.8, 4) is 11.5 Å². The molecule has 174 valence electrons. The van der Waals surface area contributed by atoms with E-state index in [4.69, 9.17) is 20.3 Å². The average molecular weight is 506 g/mol. The Hall–Kier alpha value is -2.29. The zero-order valence-corrected chi connectivity index (χ0v) is 20.3. The fourth-order valence-electron chi connectivity index (χ4n) is 4.14. The first-order valence-electron chi connectivity index (χ1n) is 10.9. The van der Waals surface area contributed by atoms with Crippen molar-refractivity contribution in [1.82, 2.24) is 5.32 Å². The number of rotatable bonds is 12. The molecule has 4 N–H and O–H groups in total. The second kappa shape index (κ2) is 11.5. The summed E-state index contributed by atoms with van der Waals surface area (Å²) in [4.78, 5) is 14.3. The topological polar surface area (TPSA) is 97.1 Å². The number of primary amides is 1. The van der Waals surface area contributed by atoms with Crippen molar-refractivity contribution in [2.75, 3.05) is 44.9 Å². The number of nitrogens with zero attached hydrogens (tertiary/aromatic N) is 1. The maximum atomic E-state index is 12.1. The quantitative estimate of drug-likeness (QED) is 0.383. The van der Waals surface area contributed by atoms with Crippen LogP contribution in [0.15, 0.2) is 34.8 Å². The van der Waals surface area contributed by atoms with Crippen molar-refractivity contribution in [3.05, 3.63) is 51.5 Å². The second-order valence-corrected chi connectivity index (χ2v) is 8.95. The third-order valence-corrected chi connectivity index (χ3v) is 6.08. The first-order chi connectivity index (χ1) is 15.4. The van der Waals surface area contributed by atoms with E-state index < -0.39 is 5.91 Å². The lowest BCUT2D eigenvalue weighted by atomic mass is 9.98. The summed E-state index contributed by atoms with van der Waals surface area (Å²) in [6.45, 7) is 5.03. The predicted molar refractivity (Wildman–Crippen MR) is 130 cm³/mol. The van der Waals surface area contributed by atoms with Crippen LogP contribution in [-0.4, -0.2) is 57.0 Å². The molecule has 0 radical (unpaired) electrons. The summed E-state index contributed by atoms with van der Waals surface area (Å²) in [7, 11) is 1.62. The van der Waals surface area contributed by atoms with Gasteiger partial charge in [0, 0.05) is 36.8 Å². The Morgan fingerprint density at radius 3 is 2.84 bits per heavy atom. The van der Waals surface area contributed by atoms with Crippen LogP contribution in [0, 0.1) is 0 Å². The van der Waals surface area contributed by atoms with E-state index in [0.29, 0.717) is 36.6 Å². The zero-order chi connectivity index (χ0) is 23.1. The molecule has 1 aliphatic rings. The molecule has 3 rings (SSSR count). The molecule has 32 heavy (non-hydrogen) atoms. The van der Waals surface area contributed by atoms with Gasteiger partial charge in [-0.2, -0.15) is 0 Å². The third kappa shape index (κ3) is 6.15.